The summed E-state index contributed by atoms with van der Waals surface area (Å²) in [7, 11) is 0. The minimum Gasteiger partial charge on any atom is -0.316 e. The van der Waals surface area contributed by atoms with Crippen LogP contribution in [-0.4, -0.2) is 31.1 Å². The van der Waals surface area contributed by atoms with Crippen LogP contribution in [0.25, 0.3) is 0 Å². The molecule has 2 fully saturated rings. The van der Waals surface area contributed by atoms with Crippen LogP contribution in [0.4, 0.5) is 0 Å². The van der Waals surface area contributed by atoms with Gasteiger partial charge in [-0.15, -0.1) is 0 Å². The van der Waals surface area contributed by atoms with Crippen LogP contribution in [0.3, 0.4) is 0 Å². The van der Waals surface area contributed by atoms with Gasteiger partial charge in [-0.2, -0.15) is 0 Å². The molecule has 0 aromatic heterocycles. The zero-order valence-electron chi connectivity index (χ0n) is 10.2. The molecule has 0 saturated carbocycles. The lowest BCUT2D eigenvalue weighted by Crippen LogP contribution is -2.25. The highest BCUT2D eigenvalue weighted by Crippen LogP contribution is 2.28. The van der Waals surface area contributed by atoms with E-state index < -0.39 is 0 Å². The van der Waals surface area contributed by atoms with Gasteiger partial charge in [0.25, 0.3) is 0 Å². The van der Waals surface area contributed by atoms with E-state index in [1.165, 1.54) is 31.7 Å². The van der Waals surface area contributed by atoms with E-state index in [1.54, 1.807) is 0 Å². The van der Waals surface area contributed by atoms with Gasteiger partial charge in [0, 0.05) is 24.7 Å². The van der Waals surface area contributed by atoms with Crippen LogP contribution in [0, 0.1) is 18.8 Å². The van der Waals surface area contributed by atoms with Gasteiger partial charge in [0.1, 0.15) is 0 Å². The topological polar surface area (TPSA) is 15.3 Å². The molecule has 2 nitrogen and oxygen atoms in total. The molecule has 3 rings (SSSR count). The molecule has 92 valence electrons. The van der Waals surface area contributed by atoms with Crippen molar-refractivity contribution in [3.8, 4) is 0 Å². The van der Waals surface area contributed by atoms with Crippen molar-refractivity contribution >= 4 is 11.6 Å². The molecule has 0 amide bonds. The highest BCUT2D eigenvalue weighted by atomic mass is 35.5. The Bertz CT molecular complexity index is 407. The quantitative estimate of drug-likeness (QED) is 0.867. The van der Waals surface area contributed by atoms with Crippen LogP contribution in [0.5, 0.6) is 0 Å². The molecule has 2 aliphatic heterocycles. The largest absolute Gasteiger partial charge is 0.316 e. The molecule has 1 aromatic carbocycles. The molecule has 0 bridgehead atoms. The Morgan fingerprint density at radius 1 is 1.29 bits per heavy atom. The van der Waals surface area contributed by atoms with Gasteiger partial charge in [0.15, 0.2) is 0 Å². The average molecular weight is 251 g/mol. The number of nitrogens with one attached hydrogen (secondary N) is 1. The van der Waals surface area contributed by atoms with Gasteiger partial charge >= 0.3 is 0 Å². The van der Waals surface area contributed by atoms with E-state index in [0.29, 0.717) is 0 Å². The first-order chi connectivity index (χ1) is 8.22. The smallest absolute Gasteiger partial charge is 0.0438 e. The maximum Gasteiger partial charge on any atom is 0.0438 e. The Kier molecular flexibility index (Phi) is 3.12. The molecule has 2 heterocycles. The first-order valence-electron chi connectivity index (χ1n) is 6.40. The van der Waals surface area contributed by atoms with Crippen LogP contribution in [0.15, 0.2) is 18.2 Å². The summed E-state index contributed by atoms with van der Waals surface area (Å²) in [5.41, 5.74) is 2.51. The number of halogens is 1. The zero-order chi connectivity index (χ0) is 11.8. The first kappa shape index (κ1) is 11.5. The number of rotatable bonds is 2. The molecular formula is C14H19ClN2. The fourth-order valence-corrected chi connectivity index (χ4v) is 3.28. The molecule has 1 N–H and O–H groups in total. The predicted molar refractivity (Wildman–Crippen MR) is 71.3 cm³/mol. The van der Waals surface area contributed by atoms with Crippen molar-refractivity contribution in [2.45, 2.75) is 13.5 Å². The summed E-state index contributed by atoms with van der Waals surface area (Å²) in [6, 6.07) is 6.44. The second kappa shape index (κ2) is 4.60. The summed E-state index contributed by atoms with van der Waals surface area (Å²) in [4.78, 5) is 2.57. The van der Waals surface area contributed by atoms with Crippen molar-refractivity contribution in [2.24, 2.45) is 11.8 Å². The summed E-state index contributed by atoms with van der Waals surface area (Å²) < 4.78 is 0. The van der Waals surface area contributed by atoms with Crippen molar-refractivity contribution < 1.29 is 0 Å². The summed E-state index contributed by atoms with van der Waals surface area (Å²) in [6.07, 6.45) is 0. The number of likely N-dealkylation sites (tertiary alicyclic amines) is 1. The molecule has 0 aliphatic carbocycles. The third-order valence-corrected chi connectivity index (χ3v) is 4.51. The van der Waals surface area contributed by atoms with E-state index in [9.17, 15) is 0 Å². The van der Waals surface area contributed by atoms with Crippen LogP contribution in [0.2, 0.25) is 5.02 Å². The van der Waals surface area contributed by atoms with Crippen LogP contribution < -0.4 is 5.32 Å². The van der Waals surface area contributed by atoms with Crippen LogP contribution in [0.1, 0.15) is 11.1 Å². The van der Waals surface area contributed by atoms with Gasteiger partial charge in [-0.3, -0.25) is 4.90 Å². The number of nitrogens with zero attached hydrogens (tertiary/aromatic N) is 1. The van der Waals surface area contributed by atoms with Gasteiger partial charge < -0.3 is 5.32 Å². The maximum absolute atomic E-state index is 6.17. The lowest BCUT2D eigenvalue weighted by Gasteiger charge is -2.17. The maximum atomic E-state index is 6.17. The molecule has 0 unspecified atom stereocenters. The number of aryl methyl sites for hydroxylation is 1. The van der Waals surface area contributed by atoms with E-state index in [1.807, 2.05) is 0 Å². The van der Waals surface area contributed by atoms with Crippen LogP contribution in [-0.2, 0) is 6.54 Å². The highest BCUT2D eigenvalue weighted by molar-refractivity contribution is 6.31. The summed E-state index contributed by atoms with van der Waals surface area (Å²) in [5.74, 6) is 1.74. The monoisotopic (exact) mass is 250 g/mol. The van der Waals surface area contributed by atoms with Gasteiger partial charge in [-0.05, 0) is 49.0 Å². The summed E-state index contributed by atoms with van der Waals surface area (Å²) in [5, 5.41) is 4.37. The Balaban J connectivity index is 1.65. The zero-order valence-corrected chi connectivity index (χ0v) is 11.0. The number of hydrogen-bond donors (Lipinski definition) is 1. The summed E-state index contributed by atoms with van der Waals surface area (Å²) >= 11 is 6.17. The van der Waals surface area contributed by atoms with E-state index in [-0.39, 0.29) is 0 Å². The van der Waals surface area contributed by atoms with Gasteiger partial charge in [-0.25, -0.2) is 0 Å². The summed E-state index contributed by atoms with van der Waals surface area (Å²) in [6.45, 7) is 7.99. The molecular weight excluding hydrogens is 232 g/mol. The van der Waals surface area contributed by atoms with E-state index in [2.05, 4.69) is 35.3 Å². The highest BCUT2D eigenvalue weighted by Gasteiger charge is 2.35. The van der Waals surface area contributed by atoms with Gasteiger partial charge in [0.05, 0.1) is 0 Å². The van der Waals surface area contributed by atoms with Crippen LogP contribution >= 0.6 is 11.6 Å². The first-order valence-corrected chi connectivity index (χ1v) is 6.78. The molecule has 1 aromatic rings. The Labute approximate surface area is 108 Å². The Hall–Kier alpha value is -0.570. The lowest BCUT2D eigenvalue weighted by molar-refractivity contribution is 0.305. The third-order valence-electron chi connectivity index (χ3n) is 4.11. The minimum atomic E-state index is 0.871. The lowest BCUT2D eigenvalue weighted by atomic mass is 10.0. The SMILES string of the molecule is Cc1ccc(CN2C[C@H]3CNC[C@H]3C2)cc1Cl. The fourth-order valence-electron chi connectivity index (χ4n) is 3.07. The molecule has 0 spiro atoms. The van der Waals surface area contributed by atoms with Crippen molar-refractivity contribution in [1.82, 2.24) is 10.2 Å². The van der Waals surface area contributed by atoms with Crippen molar-refractivity contribution in [1.29, 1.82) is 0 Å². The Morgan fingerprint density at radius 2 is 2.00 bits per heavy atom. The molecule has 2 aliphatic rings. The fraction of sp³-hybridized carbons (Fsp3) is 0.571. The van der Waals surface area contributed by atoms with E-state index in [0.717, 1.165) is 29.0 Å². The second-order valence-corrected chi connectivity index (χ2v) is 5.86. The van der Waals surface area contributed by atoms with Crippen molar-refractivity contribution in [3.63, 3.8) is 0 Å². The van der Waals surface area contributed by atoms with Crippen molar-refractivity contribution in [2.75, 3.05) is 26.2 Å². The molecule has 17 heavy (non-hydrogen) atoms. The van der Waals surface area contributed by atoms with Crippen molar-refractivity contribution in [3.05, 3.63) is 34.3 Å². The average Bonchev–Trinajstić information content (AvgIpc) is 2.84. The molecule has 3 heteroatoms. The Morgan fingerprint density at radius 3 is 2.65 bits per heavy atom. The third kappa shape index (κ3) is 2.35. The molecule has 2 saturated heterocycles. The minimum absolute atomic E-state index is 0.871. The standard InChI is InChI=1S/C14H19ClN2/c1-10-2-3-11(4-14(10)15)7-17-8-12-5-16-6-13(12)9-17/h2-4,12-13,16H,5-9H2,1H3/t12-,13+. The number of fused-ring (bicyclic) bond motifs is 1. The number of hydrogen-bond acceptors (Lipinski definition) is 2. The number of benzene rings is 1. The van der Waals surface area contributed by atoms with Gasteiger partial charge in [-0.1, -0.05) is 23.7 Å². The molecule has 0 radical (unpaired) electrons. The van der Waals surface area contributed by atoms with E-state index >= 15 is 0 Å². The van der Waals surface area contributed by atoms with E-state index in [4.69, 9.17) is 11.6 Å². The van der Waals surface area contributed by atoms with Gasteiger partial charge in [0.2, 0.25) is 0 Å². The molecule has 2 atom stereocenters. The predicted octanol–water partition coefficient (Wildman–Crippen LogP) is 2.30. The second-order valence-electron chi connectivity index (χ2n) is 5.46. The normalized spacial score (nSPS) is 28.6.